The quantitative estimate of drug-likeness (QED) is 0.110. The molecule has 0 aliphatic carbocycles. The Morgan fingerprint density at radius 3 is 1.81 bits per heavy atom. The van der Waals surface area contributed by atoms with Crippen molar-refractivity contribution in [3.8, 4) is 11.5 Å². The number of carbonyl (C=O) groups is 2. The van der Waals surface area contributed by atoms with Crippen LogP contribution in [0.2, 0.25) is 25.1 Å². The molecule has 3 rings (SSSR count). The van der Waals surface area contributed by atoms with Gasteiger partial charge in [-0.05, 0) is 31.0 Å². The number of benzene rings is 3. The van der Waals surface area contributed by atoms with Crippen molar-refractivity contribution in [1.29, 1.82) is 0 Å². The highest BCUT2D eigenvalue weighted by Crippen LogP contribution is 2.48. The van der Waals surface area contributed by atoms with E-state index in [9.17, 15) is 9.59 Å². The number of hydrogen-bond acceptors (Lipinski definition) is 4. The molecule has 0 heterocycles. The Labute approximate surface area is 209 Å². The van der Waals surface area contributed by atoms with Gasteiger partial charge in [-0.3, -0.25) is 9.59 Å². The molecule has 9 heteroatoms. The summed E-state index contributed by atoms with van der Waals surface area (Å²) in [5.41, 5.74) is 2.09. The molecule has 3 aromatic carbocycles. The third-order valence-electron chi connectivity index (χ3n) is 4.52. The van der Waals surface area contributed by atoms with E-state index in [2.05, 4.69) is 0 Å². The first-order valence-electron chi connectivity index (χ1n) is 9.18. The number of halogens is 5. The maximum atomic E-state index is 13.1. The van der Waals surface area contributed by atoms with Gasteiger partial charge in [0.2, 0.25) is 0 Å². The number of carbonyl (C=O) groups excluding carboxylic acids is 2. The van der Waals surface area contributed by atoms with Gasteiger partial charge in [0, 0.05) is 0 Å². The molecule has 0 aliphatic heterocycles. The highest BCUT2D eigenvalue weighted by Gasteiger charge is 2.34. The zero-order valence-corrected chi connectivity index (χ0v) is 20.5. The first kappa shape index (κ1) is 24.7. The second-order valence-electron chi connectivity index (χ2n) is 6.85. The second-order valence-corrected chi connectivity index (χ2v) is 8.74. The van der Waals surface area contributed by atoms with E-state index >= 15 is 0 Å². The highest BCUT2D eigenvalue weighted by atomic mass is 35.5. The van der Waals surface area contributed by atoms with Crippen LogP contribution in [-0.2, 0) is 9.59 Å². The molecule has 0 N–H and O–H groups in total. The molecule has 0 saturated heterocycles. The molecule has 0 aliphatic rings. The molecule has 0 saturated carbocycles. The molecule has 3 aromatic rings. The van der Waals surface area contributed by atoms with Crippen LogP contribution in [0.3, 0.4) is 0 Å². The zero-order valence-electron chi connectivity index (χ0n) is 16.7. The molecule has 0 spiro atoms. The van der Waals surface area contributed by atoms with Gasteiger partial charge >= 0.3 is 11.9 Å². The second kappa shape index (κ2) is 10.3. The third-order valence-corrected chi connectivity index (χ3v) is 6.76. The minimum Gasteiger partial charge on any atom is -0.425 e. The van der Waals surface area contributed by atoms with Crippen LogP contribution in [-0.4, -0.2) is 11.9 Å². The normalized spacial score (nSPS) is 11.7. The van der Waals surface area contributed by atoms with Crippen molar-refractivity contribution in [2.45, 2.75) is 19.8 Å². The molecular formula is C23H15Cl5O4. The fourth-order valence-electron chi connectivity index (χ4n) is 2.93. The Morgan fingerprint density at radius 1 is 0.719 bits per heavy atom. The minimum absolute atomic E-state index is 0.0861. The van der Waals surface area contributed by atoms with E-state index in [4.69, 9.17) is 67.5 Å². The van der Waals surface area contributed by atoms with E-state index in [0.717, 1.165) is 11.1 Å². The third kappa shape index (κ3) is 5.16. The summed E-state index contributed by atoms with van der Waals surface area (Å²) >= 11 is 30.4. The van der Waals surface area contributed by atoms with Crippen LogP contribution >= 0.6 is 58.0 Å². The average molecular weight is 533 g/mol. The Bertz CT molecular complexity index is 1170. The van der Waals surface area contributed by atoms with Gasteiger partial charge in [0.05, 0.1) is 15.1 Å². The number of ether oxygens (including phenoxy) is 2. The van der Waals surface area contributed by atoms with Crippen LogP contribution in [0.4, 0.5) is 0 Å². The Morgan fingerprint density at radius 2 is 1.25 bits per heavy atom. The van der Waals surface area contributed by atoms with Gasteiger partial charge in [-0.1, -0.05) is 106 Å². The van der Waals surface area contributed by atoms with Crippen molar-refractivity contribution in [2.75, 3.05) is 0 Å². The van der Waals surface area contributed by atoms with Crippen molar-refractivity contribution in [3.05, 3.63) is 90.3 Å². The summed E-state index contributed by atoms with van der Waals surface area (Å²) in [5, 5.41) is -0.792. The average Bonchev–Trinajstić information content (AvgIpc) is 2.77. The number of esters is 2. The van der Waals surface area contributed by atoms with Crippen LogP contribution < -0.4 is 9.47 Å². The van der Waals surface area contributed by atoms with Gasteiger partial charge in [-0.2, -0.15) is 0 Å². The number of hydrogen-bond donors (Lipinski definition) is 0. The van der Waals surface area contributed by atoms with Crippen LogP contribution in [0.15, 0.2) is 48.5 Å². The van der Waals surface area contributed by atoms with Crippen molar-refractivity contribution in [2.24, 2.45) is 0 Å². The monoisotopic (exact) mass is 530 g/mol. The maximum Gasteiger partial charge on any atom is 0.330 e. The summed E-state index contributed by atoms with van der Waals surface area (Å²) in [6.07, 6.45) is 0. The molecule has 1 atom stereocenters. The molecule has 4 nitrogen and oxygen atoms in total. The predicted molar refractivity (Wildman–Crippen MR) is 128 cm³/mol. The van der Waals surface area contributed by atoms with Crippen LogP contribution in [0, 0.1) is 13.8 Å². The van der Waals surface area contributed by atoms with Crippen molar-refractivity contribution in [3.63, 3.8) is 0 Å². The first-order chi connectivity index (χ1) is 15.1. The summed E-state index contributed by atoms with van der Waals surface area (Å²) < 4.78 is 10.9. The largest absolute Gasteiger partial charge is 0.425 e. The van der Waals surface area contributed by atoms with E-state index in [1.165, 1.54) is 0 Å². The zero-order chi connectivity index (χ0) is 23.6. The fraction of sp³-hybridized carbons (Fsp3) is 0.130. The van der Waals surface area contributed by atoms with E-state index < -0.39 is 17.9 Å². The van der Waals surface area contributed by atoms with E-state index in [0.29, 0.717) is 11.3 Å². The Hall–Kier alpha value is -1.95. The Balaban J connectivity index is 1.98. The molecule has 0 fully saturated rings. The maximum absolute atomic E-state index is 13.1. The molecule has 1 unspecified atom stereocenters. The van der Waals surface area contributed by atoms with E-state index in [-0.39, 0.29) is 30.9 Å². The topological polar surface area (TPSA) is 52.6 Å². The molecular weight excluding hydrogens is 518 g/mol. The lowest BCUT2D eigenvalue weighted by molar-refractivity contribution is -0.147. The van der Waals surface area contributed by atoms with Crippen LogP contribution in [0.5, 0.6) is 11.5 Å². The lowest BCUT2D eigenvalue weighted by atomic mass is 9.99. The summed E-state index contributed by atoms with van der Waals surface area (Å²) in [4.78, 5) is 26.2. The smallest absolute Gasteiger partial charge is 0.330 e. The SMILES string of the molecule is Cc1ccc(OC(=O)C(C(=O)Oc2c(Cl)c(Cl)c(Cl)c(Cl)c2Cl)c2ccccc2)c(C)c1. The van der Waals surface area contributed by atoms with Crippen molar-refractivity contribution >= 4 is 69.9 Å². The molecule has 0 aromatic heterocycles. The molecule has 0 radical (unpaired) electrons. The summed E-state index contributed by atoms with van der Waals surface area (Å²) in [6, 6.07) is 13.6. The van der Waals surface area contributed by atoms with Crippen LogP contribution in [0.25, 0.3) is 0 Å². The fourth-order valence-corrected chi connectivity index (χ4v) is 4.13. The first-order valence-corrected chi connectivity index (χ1v) is 11.1. The molecule has 32 heavy (non-hydrogen) atoms. The lowest BCUT2D eigenvalue weighted by Gasteiger charge is -2.18. The predicted octanol–water partition coefficient (Wildman–Crippen LogP) is 7.87. The summed E-state index contributed by atoms with van der Waals surface area (Å²) in [7, 11) is 0. The molecule has 0 bridgehead atoms. The lowest BCUT2D eigenvalue weighted by Crippen LogP contribution is -2.30. The van der Waals surface area contributed by atoms with Gasteiger partial charge < -0.3 is 9.47 Å². The summed E-state index contributed by atoms with van der Waals surface area (Å²) in [5.74, 6) is -3.24. The molecule has 0 amide bonds. The van der Waals surface area contributed by atoms with Crippen molar-refractivity contribution < 1.29 is 19.1 Å². The number of rotatable bonds is 5. The van der Waals surface area contributed by atoms with E-state index in [1.807, 2.05) is 13.0 Å². The molecule has 166 valence electrons. The number of aryl methyl sites for hydroxylation is 2. The van der Waals surface area contributed by atoms with Gasteiger partial charge in [0.15, 0.2) is 11.7 Å². The van der Waals surface area contributed by atoms with E-state index in [1.54, 1.807) is 49.4 Å². The van der Waals surface area contributed by atoms with Gasteiger partial charge in [-0.25, -0.2) is 0 Å². The standard InChI is InChI=1S/C23H15Cl5O4/c1-11-8-9-14(12(2)10-11)31-22(29)15(13-6-4-3-5-7-13)23(30)32-21-19(27)17(25)16(24)18(26)20(21)28/h3-10,15H,1-2H3. The Kier molecular flexibility index (Phi) is 7.97. The highest BCUT2D eigenvalue weighted by molar-refractivity contribution is 6.55. The minimum atomic E-state index is -1.43. The van der Waals surface area contributed by atoms with Gasteiger partial charge in [0.1, 0.15) is 15.8 Å². The van der Waals surface area contributed by atoms with Gasteiger partial charge in [-0.15, -0.1) is 0 Å². The van der Waals surface area contributed by atoms with Gasteiger partial charge in [0.25, 0.3) is 0 Å². The van der Waals surface area contributed by atoms with Crippen molar-refractivity contribution in [1.82, 2.24) is 0 Å². The summed E-state index contributed by atoms with van der Waals surface area (Å²) in [6.45, 7) is 3.71. The van der Waals surface area contributed by atoms with Crippen LogP contribution in [0.1, 0.15) is 22.6 Å².